The molecule has 0 bridgehead atoms. The van der Waals surface area contributed by atoms with Crippen molar-refractivity contribution in [2.24, 2.45) is 5.73 Å². The number of amides is 1. The number of carbonyl (C=O) groups excluding carboxylic acids is 1. The number of para-hydroxylation sites is 1. The average molecular weight is 284 g/mol. The van der Waals surface area contributed by atoms with Crippen LogP contribution in [0.1, 0.15) is 22.3 Å². The molecule has 0 spiro atoms. The second-order valence-electron chi connectivity index (χ2n) is 4.96. The third kappa shape index (κ3) is 3.61. The predicted molar refractivity (Wildman–Crippen MR) is 84.6 cm³/mol. The van der Waals surface area contributed by atoms with E-state index in [1.165, 1.54) is 0 Å². The Morgan fingerprint density at radius 3 is 2.57 bits per heavy atom. The average Bonchev–Trinajstić information content (AvgIpc) is 2.51. The van der Waals surface area contributed by atoms with E-state index in [-0.39, 0.29) is 11.7 Å². The second-order valence-corrected chi connectivity index (χ2v) is 4.96. The lowest BCUT2D eigenvalue weighted by Gasteiger charge is -2.23. The van der Waals surface area contributed by atoms with Crippen molar-refractivity contribution in [1.29, 1.82) is 0 Å². The van der Waals surface area contributed by atoms with E-state index < -0.39 is 0 Å². The molecule has 2 rings (SSSR count). The molecule has 2 aromatic rings. The Morgan fingerprint density at radius 2 is 1.90 bits per heavy atom. The molecule has 0 heterocycles. The Bertz CT molecular complexity index is 611. The SMILES string of the molecule is Cc1ccc(O)c(C(=O)N(CCCN)c2ccccc2)c1. The zero-order chi connectivity index (χ0) is 15.2. The molecular weight excluding hydrogens is 264 g/mol. The summed E-state index contributed by atoms with van der Waals surface area (Å²) in [6.45, 7) is 2.92. The molecule has 21 heavy (non-hydrogen) atoms. The van der Waals surface area contributed by atoms with Crippen molar-refractivity contribution in [3.63, 3.8) is 0 Å². The smallest absolute Gasteiger partial charge is 0.262 e. The van der Waals surface area contributed by atoms with Crippen LogP contribution < -0.4 is 10.6 Å². The first-order valence-electron chi connectivity index (χ1n) is 7.00. The van der Waals surface area contributed by atoms with Crippen LogP contribution in [-0.4, -0.2) is 24.1 Å². The molecule has 4 heteroatoms. The van der Waals surface area contributed by atoms with Crippen molar-refractivity contribution in [2.45, 2.75) is 13.3 Å². The number of phenols is 1. The Hall–Kier alpha value is -2.33. The van der Waals surface area contributed by atoms with E-state index in [0.29, 0.717) is 25.1 Å². The zero-order valence-corrected chi connectivity index (χ0v) is 12.1. The Morgan fingerprint density at radius 1 is 1.19 bits per heavy atom. The molecule has 110 valence electrons. The van der Waals surface area contributed by atoms with Crippen LogP contribution in [-0.2, 0) is 0 Å². The number of carbonyl (C=O) groups is 1. The highest BCUT2D eigenvalue weighted by Crippen LogP contribution is 2.23. The van der Waals surface area contributed by atoms with Crippen LogP contribution in [0.5, 0.6) is 5.75 Å². The number of aryl methyl sites for hydroxylation is 1. The molecule has 0 atom stereocenters. The maximum atomic E-state index is 12.7. The third-order valence-corrected chi connectivity index (χ3v) is 3.28. The van der Waals surface area contributed by atoms with Gasteiger partial charge in [-0.2, -0.15) is 0 Å². The molecule has 4 nitrogen and oxygen atoms in total. The van der Waals surface area contributed by atoms with Crippen molar-refractivity contribution in [3.8, 4) is 5.75 Å². The number of hydrogen-bond donors (Lipinski definition) is 2. The molecule has 0 unspecified atom stereocenters. The highest BCUT2D eigenvalue weighted by atomic mass is 16.3. The summed E-state index contributed by atoms with van der Waals surface area (Å²) in [5.41, 5.74) is 7.61. The van der Waals surface area contributed by atoms with Crippen molar-refractivity contribution >= 4 is 11.6 Å². The fraction of sp³-hybridized carbons (Fsp3) is 0.235. The summed E-state index contributed by atoms with van der Waals surface area (Å²) in [5.74, 6) is -0.213. The van der Waals surface area contributed by atoms with Gasteiger partial charge in [0, 0.05) is 12.2 Å². The highest BCUT2D eigenvalue weighted by molar-refractivity contribution is 6.07. The molecule has 0 radical (unpaired) electrons. The number of anilines is 1. The van der Waals surface area contributed by atoms with Gasteiger partial charge in [-0.15, -0.1) is 0 Å². The van der Waals surface area contributed by atoms with Crippen LogP contribution in [0.2, 0.25) is 0 Å². The first kappa shape index (κ1) is 15.1. The van der Waals surface area contributed by atoms with Gasteiger partial charge in [0.2, 0.25) is 0 Å². The Kier molecular flexibility index (Phi) is 4.95. The first-order valence-corrected chi connectivity index (χ1v) is 7.00. The van der Waals surface area contributed by atoms with E-state index in [0.717, 1.165) is 11.3 Å². The van der Waals surface area contributed by atoms with Gasteiger partial charge in [0.25, 0.3) is 5.91 Å². The summed E-state index contributed by atoms with van der Waals surface area (Å²) in [7, 11) is 0. The molecule has 3 N–H and O–H groups in total. The van der Waals surface area contributed by atoms with E-state index >= 15 is 0 Å². The monoisotopic (exact) mass is 284 g/mol. The van der Waals surface area contributed by atoms with Gasteiger partial charge in [0.1, 0.15) is 5.75 Å². The van der Waals surface area contributed by atoms with Gasteiger partial charge < -0.3 is 15.7 Å². The lowest BCUT2D eigenvalue weighted by atomic mass is 10.1. The summed E-state index contributed by atoms with van der Waals surface area (Å²) in [5, 5.41) is 9.95. The number of nitrogens with two attached hydrogens (primary N) is 1. The largest absolute Gasteiger partial charge is 0.507 e. The van der Waals surface area contributed by atoms with Crippen LogP contribution in [0.3, 0.4) is 0 Å². The minimum atomic E-state index is -0.212. The third-order valence-electron chi connectivity index (χ3n) is 3.28. The lowest BCUT2D eigenvalue weighted by molar-refractivity contribution is 0.0984. The van der Waals surface area contributed by atoms with Gasteiger partial charge in [-0.05, 0) is 44.2 Å². The summed E-state index contributed by atoms with van der Waals surface area (Å²) in [4.78, 5) is 14.4. The van der Waals surface area contributed by atoms with Gasteiger partial charge in [-0.25, -0.2) is 0 Å². The predicted octanol–water partition coefficient (Wildman–Crippen LogP) is 2.70. The molecule has 1 amide bonds. The van der Waals surface area contributed by atoms with Gasteiger partial charge in [-0.1, -0.05) is 29.8 Å². The Labute approximate surface area is 124 Å². The van der Waals surface area contributed by atoms with Gasteiger partial charge in [0.15, 0.2) is 0 Å². The highest BCUT2D eigenvalue weighted by Gasteiger charge is 2.20. The summed E-state index contributed by atoms with van der Waals surface area (Å²) < 4.78 is 0. The molecular formula is C17H20N2O2. The standard InChI is InChI=1S/C17H20N2O2/c1-13-8-9-16(20)15(12-13)17(21)19(11-5-10-18)14-6-3-2-4-7-14/h2-4,6-9,12,20H,5,10-11,18H2,1H3. The van der Waals surface area contributed by atoms with Crippen LogP contribution in [0.25, 0.3) is 0 Å². The Balaban J connectivity index is 2.36. The summed E-state index contributed by atoms with van der Waals surface area (Å²) >= 11 is 0. The van der Waals surface area contributed by atoms with Crippen LogP contribution in [0, 0.1) is 6.92 Å². The topological polar surface area (TPSA) is 66.6 Å². The quantitative estimate of drug-likeness (QED) is 0.887. The first-order chi connectivity index (χ1) is 10.1. The summed E-state index contributed by atoms with van der Waals surface area (Å²) in [6.07, 6.45) is 0.702. The molecule has 0 aliphatic carbocycles. The second kappa shape index (κ2) is 6.90. The van der Waals surface area contributed by atoms with Crippen LogP contribution >= 0.6 is 0 Å². The van der Waals surface area contributed by atoms with Crippen molar-refractivity contribution in [2.75, 3.05) is 18.0 Å². The van der Waals surface area contributed by atoms with Gasteiger partial charge in [-0.3, -0.25) is 4.79 Å². The normalized spacial score (nSPS) is 10.4. The minimum absolute atomic E-state index is 0.000667. The van der Waals surface area contributed by atoms with Crippen molar-refractivity contribution in [1.82, 2.24) is 0 Å². The van der Waals surface area contributed by atoms with E-state index in [4.69, 9.17) is 5.73 Å². The number of aromatic hydroxyl groups is 1. The van der Waals surface area contributed by atoms with Crippen molar-refractivity contribution in [3.05, 3.63) is 59.7 Å². The van der Waals surface area contributed by atoms with E-state index in [1.807, 2.05) is 37.3 Å². The molecule has 0 aliphatic rings. The molecule has 0 saturated carbocycles. The van der Waals surface area contributed by atoms with E-state index in [9.17, 15) is 9.90 Å². The molecule has 0 aliphatic heterocycles. The van der Waals surface area contributed by atoms with E-state index in [1.54, 1.807) is 23.1 Å². The number of rotatable bonds is 5. The number of hydrogen-bond acceptors (Lipinski definition) is 3. The van der Waals surface area contributed by atoms with Gasteiger partial charge in [0.05, 0.1) is 5.56 Å². The number of nitrogens with zero attached hydrogens (tertiary/aromatic N) is 1. The van der Waals surface area contributed by atoms with Crippen molar-refractivity contribution < 1.29 is 9.90 Å². The number of benzene rings is 2. The fourth-order valence-corrected chi connectivity index (χ4v) is 2.17. The molecule has 0 aromatic heterocycles. The zero-order valence-electron chi connectivity index (χ0n) is 12.1. The number of phenolic OH excluding ortho intramolecular Hbond substituents is 1. The van der Waals surface area contributed by atoms with Crippen LogP contribution in [0.4, 0.5) is 5.69 Å². The summed E-state index contributed by atoms with van der Waals surface area (Å²) in [6, 6.07) is 14.5. The lowest BCUT2D eigenvalue weighted by Crippen LogP contribution is -2.33. The molecule has 2 aromatic carbocycles. The minimum Gasteiger partial charge on any atom is -0.507 e. The van der Waals surface area contributed by atoms with Gasteiger partial charge >= 0.3 is 0 Å². The van der Waals surface area contributed by atoms with Crippen LogP contribution in [0.15, 0.2) is 48.5 Å². The maximum Gasteiger partial charge on any atom is 0.262 e. The maximum absolute atomic E-state index is 12.7. The van der Waals surface area contributed by atoms with E-state index in [2.05, 4.69) is 0 Å². The molecule has 0 saturated heterocycles. The molecule has 0 fully saturated rings. The fourth-order valence-electron chi connectivity index (χ4n) is 2.17.